The zero-order chi connectivity index (χ0) is 20.2. The number of ketones is 1. The van der Waals surface area contributed by atoms with Gasteiger partial charge in [0.25, 0.3) is 0 Å². The Balaban J connectivity index is 0.00000176. The highest BCUT2D eigenvalue weighted by Crippen LogP contribution is 2.28. The molecule has 2 aromatic rings. The Morgan fingerprint density at radius 2 is 1.70 bits per heavy atom. The zero-order valence-electron chi connectivity index (χ0n) is 15.6. The van der Waals surface area contributed by atoms with Crippen LogP contribution in [-0.4, -0.2) is 18.4 Å². The number of halogens is 1. The van der Waals surface area contributed by atoms with Gasteiger partial charge >= 0.3 is 15.1 Å². The number of hydrogen-bond acceptors (Lipinski definition) is 4. The van der Waals surface area contributed by atoms with Crippen LogP contribution in [0.15, 0.2) is 48.5 Å². The highest BCUT2D eigenvalue weighted by molar-refractivity contribution is 7.00. The van der Waals surface area contributed by atoms with E-state index in [1.807, 2.05) is 19.1 Å². The third-order valence-corrected chi connectivity index (χ3v) is 4.41. The van der Waals surface area contributed by atoms with E-state index in [0.717, 1.165) is 24.8 Å². The van der Waals surface area contributed by atoms with Crippen molar-refractivity contribution < 1.29 is 18.9 Å². The minimum absolute atomic E-state index is 0.324. The van der Waals surface area contributed by atoms with Crippen LogP contribution < -0.4 is 0 Å². The number of ether oxygens (including phenoxy) is 1. The van der Waals surface area contributed by atoms with Gasteiger partial charge in [-0.25, -0.2) is 0 Å². The Morgan fingerprint density at radius 3 is 2.30 bits per heavy atom. The van der Waals surface area contributed by atoms with Crippen LogP contribution >= 0.6 is 20.7 Å². The van der Waals surface area contributed by atoms with Gasteiger partial charge in [0.1, 0.15) is 5.92 Å². The number of aryl methyl sites for hydroxylation is 1. The minimum atomic E-state index is -0.999. The van der Waals surface area contributed by atoms with Gasteiger partial charge in [-0.3, -0.25) is 9.59 Å². The molecule has 0 amide bonds. The molecule has 2 unspecified atom stereocenters. The maximum Gasteiger partial charge on any atom is 0.321 e. The lowest BCUT2D eigenvalue weighted by Gasteiger charge is -2.17. The summed E-state index contributed by atoms with van der Waals surface area (Å²) in [5.74, 6) is -1.84. The Labute approximate surface area is 167 Å². The lowest BCUT2D eigenvalue weighted by Crippen LogP contribution is -2.25. The molecule has 0 aliphatic rings. The molecule has 0 aliphatic carbocycles. The summed E-state index contributed by atoms with van der Waals surface area (Å²) in [6.07, 6.45) is 2.82. The summed E-state index contributed by atoms with van der Waals surface area (Å²) < 4.78 is 13.5. The van der Waals surface area contributed by atoms with Crippen molar-refractivity contribution in [2.75, 3.05) is 6.61 Å². The molecule has 2 rings (SSSR count). The van der Waals surface area contributed by atoms with Crippen LogP contribution in [0.5, 0.6) is 0 Å². The van der Waals surface area contributed by atoms with E-state index in [9.17, 15) is 9.59 Å². The number of esters is 1. The number of Topliss-reactive ketones (excluding diaryl/α,β-unsaturated/α-hetero) is 1. The van der Waals surface area contributed by atoms with Crippen molar-refractivity contribution in [2.45, 2.75) is 39.0 Å². The fourth-order valence-electron chi connectivity index (χ4n) is 2.74. The van der Waals surface area contributed by atoms with Gasteiger partial charge in [-0.1, -0.05) is 78.4 Å². The number of rotatable bonds is 8. The van der Waals surface area contributed by atoms with Crippen molar-refractivity contribution in [3.8, 4) is 0 Å². The van der Waals surface area contributed by atoms with Gasteiger partial charge in [-0.2, -0.15) is 0 Å². The number of hydrogen-bond donors (Lipinski definition) is 0. The number of carbonyl (C=O) groups is 2. The molecule has 0 heterocycles. The number of unbranched alkanes of at least 4 members (excludes halogenated alkanes) is 2. The van der Waals surface area contributed by atoms with Crippen LogP contribution in [-0.2, 0) is 14.1 Å². The summed E-state index contributed by atoms with van der Waals surface area (Å²) in [5, 5.41) is 0.352. The Hall–Kier alpha value is -2.03. The molecular weight excluding hydrogens is 383 g/mol. The first-order chi connectivity index (χ1) is 13.1. The van der Waals surface area contributed by atoms with Gasteiger partial charge in [0.15, 0.2) is 5.78 Å². The third-order valence-electron chi connectivity index (χ3n) is 4.09. The smallest absolute Gasteiger partial charge is 0.321 e. The summed E-state index contributed by atoms with van der Waals surface area (Å²) in [5.41, 5.74) is 1.74. The Morgan fingerprint density at radius 1 is 1.04 bits per heavy atom. The molecular formula is C21H25ClO4P+. The van der Waals surface area contributed by atoms with E-state index >= 15 is 0 Å². The van der Waals surface area contributed by atoms with Crippen molar-refractivity contribution in [3.63, 3.8) is 0 Å². The van der Waals surface area contributed by atoms with Crippen molar-refractivity contribution >= 4 is 32.5 Å². The molecule has 0 fully saturated rings. The molecule has 0 aliphatic heterocycles. The molecule has 144 valence electrons. The molecule has 0 spiro atoms. The van der Waals surface area contributed by atoms with E-state index in [1.165, 1.54) is 9.12 Å². The van der Waals surface area contributed by atoms with Crippen LogP contribution in [0.4, 0.5) is 0 Å². The first kappa shape index (κ1) is 23.0. The summed E-state index contributed by atoms with van der Waals surface area (Å²) in [4.78, 5) is 25.8. The van der Waals surface area contributed by atoms with Crippen LogP contribution in [0.2, 0.25) is 5.02 Å². The van der Waals surface area contributed by atoms with Crippen LogP contribution in [0.25, 0.3) is 0 Å². The second-order valence-electron chi connectivity index (χ2n) is 6.01. The summed E-state index contributed by atoms with van der Waals surface area (Å²) in [6, 6.07) is 14.3. The quantitative estimate of drug-likeness (QED) is 0.189. The van der Waals surface area contributed by atoms with E-state index in [4.69, 9.17) is 20.9 Å². The van der Waals surface area contributed by atoms with Crippen molar-refractivity contribution in [1.82, 2.24) is 0 Å². The first-order valence-corrected chi connectivity index (χ1v) is 9.65. The Kier molecular flexibility index (Phi) is 10.5. The fraction of sp³-hybridized carbons (Fsp3) is 0.333. The molecule has 0 bridgehead atoms. The topological polar surface area (TPSA) is 60.4 Å². The monoisotopic (exact) mass is 407 g/mol. The maximum atomic E-state index is 13.1. The van der Waals surface area contributed by atoms with Gasteiger partial charge < -0.3 is 4.74 Å². The van der Waals surface area contributed by atoms with Gasteiger partial charge in [-0.15, -0.1) is 0 Å². The fourth-order valence-corrected chi connectivity index (χ4v) is 3.05. The molecule has 0 radical (unpaired) electrons. The molecule has 27 heavy (non-hydrogen) atoms. The van der Waals surface area contributed by atoms with Gasteiger partial charge in [0.2, 0.25) is 0 Å². The lowest BCUT2D eigenvalue weighted by molar-refractivity contribution is -0.144. The Bertz CT molecular complexity index is 729. The standard InChI is InChI=1S/C21H23ClO3.H2OP/c1-3-4-8-14-25-21(24)19(16-11-6-5-7-12-16)20(23)18-15(2)10-9-13-17(18)22;1-2/h5-7,9-13,19H,3-4,8,14H2,1-2H3;2H2/q;+1. The van der Waals surface area contributed by atoms with Crippen molar-refractivity contribution in [3.05, 3.63) is 70.2 Å². The predicted molar refractivity (Wildman–Crippen MR) is 111 cm³/mol. The number of carbonyl (C=O) groups excluding carboxylic acids is 2. The van der Waals surface area contributed by atoms with Crippen molar-refractivity contribution in [2.24, 2.45) is 0 Å². The predicted octanol–water partition coefficient (Wildman–Crippen LogP) is 5.56. The molecule has 0 N–H and O–H groups in total. The van der Waals surface area contributed by atoms with E-state index in [1.54, 1.807) is 36.4 Å². The lowest BCUT2D eigenvalue weighted by atomic mass is 9.89. The maximum absolute atomic E-state index is 13.1. The van der Waals surface area contributed by atoms with E-state index < -0.39 is 11.9 Å². The highest BCUT2D eigenvalue weighted by atomic mass is 35.5. The van der Waals surface area contributed by atoms with E-state index in [-0.39, 0.29) is 5.78 Å². The third kappa shape index (κ3) is 6.57. The average Bonchev–Trinajstić information content (AvgIpc) is 2.68. The molecule has 0 saturated carbocycles. The second kappa shape index (κ2) is 12.4. The van der Waals surface area contributed by atoms with E-state index in [0.29, 0.717) is 22.8 Å². The first-order valence-electron chi connectivity index (χ1n) is 8.80. The van der Waals surface area contributed by atoms with Crippen LogP contribution in [0, 0.1) is 6.92 Å². The zero-order valence-corrected chi connectivity index (χ0v) is 17.5. The summed E-state index contributed by atoms with van der Waals surface area (Å²) >= 11 is 6.23. The normalized spacial score (nSPS) is 11.1. The minimum Gasteiger partial charge on any atom is -0.465 e. The highest BCUT2D eigenvalue weighted by Gasteiger charge is 2.32. The molecule has 0 aromatic heterocycles. The van der Waals surface area contributed by atoms with Crippen LogP contribution in [0.3, 0.4) is 0 Å². The molecule has 2 aromatic carbocycles. The molecule has 4 nitrogen and oxygen atoms in total. The average molecular weight is 408 g/mol. The largest absolute Gasteiger partial charge is 0.465 e. The number of benzene rings is 2. The molecule has 0 saturated heterocycles. The SMILES string of the molecule is CCCCCOC(=O)C(C(=O)c1c(C)cccc1Cl)c1ccccc1.O=[PH2+]. The summed E-state index contributed by atoms with van der Waals surface area (Å²) in [6.45, 7) is 4.22. The second-order valence-corrected chi connectivity index (χ2v) is 6.42. The molecule has 2 atom stereocenters. The van der Waals surface area contributed by atoms with Gasteiger partial charge in [0.05, 0.1) is 11.6 Å². The van der Waals surface area contributed by atoms with Crippen molar-refractivity contribution in [1.29, 1.82) is 0 Å². The van der Waals surface area contributed by atoms with E-state index in [2.05, 4.69) is 6.92 Å². The molecule has 6 heteroatoms. The summed E-state index contributed by atoms with van der Waals surface area (Å²) in [7, 11) is 1.17. The van der Waals surface area contributed by atoms with Gasteiger partial charge in [-0.05, 0) is 30.5 Å². The van der Waals surface area contributed by atoms with Gasteiger partial charge in [0, 0.05) is 5.56 Å². The van der Waals surface area contributed by atoms with Crippen LogP contribution in [0.1, 0.15) is 53.6 Å².